The SMILES string of the molecule is Cc1cc(C)nc(NC(=O)c2ccoc2Br)n1. The lowest BCUT2D eigenvalue weighted by Gasteiger charge is -2.04. The molecule has 0 bridgehead atoms. The van der Waals surface area contributed by atoms with Crippen LogP contribution in [0.25, 0.3) is 0 Å². The molecule has 2 aromatic heterocycles. The van der Waals surface area contributed by atoms with Gasteiger partial charge in [0.2, 0.25) is 5.95 Å². The topological polar surface area (TPSA) is 68.0 Å². The third kappa shape index (κ3) is 2.71. The summed E-state index contributed by atoms with van der Waals surface area (Å²) < 4.78 is 5.37. The zero-order valence-corrected chi connectivity index (χ0v) is 10.9. The standard InChI is InChI=1S/C11H10BrN3O2/c1-6-5-7(2)14-11(13-6)15-10(16)8-3-4-17-9(8)12/h3-5H,1-2H3,(H,13,14,15,16). The van der Waals surface area contributed by atoms with Crippen LogP contribution in [0, 0.1) is 13.8 Å². The quantitative estimate of drug-likeness (QED) is 0.925. The highest BCUT2D eigenvalue weighted by atomic mass is 79.9. The van der Waals surface area contributed by atoms with E-state index in [0.29, 0.717) is 16.2 Å². The smallest absolute Gasteiger partial charge is 0.262 e. The Morgan fingerprint density at radius 2 is 2.00 bits per heavy atom. The highest BCUT2D eigenvalue weighted by molar-refractivity contribution is 9.10. The lowest BCUT2D eigenvalue weighted by atomic mass is 10.3. The number of halogens is 1. The fraction of sp³-hybridized carbons (Fsp3) is 0.182. The summed E-state index contributed by atoms with van der Waals surface area (Å²) in [5.74, 6) is -0.0174. The van der Waals surface area contributed by atoms with E-state index in [2.05, 4.69) is 31.2 Å². The molecule has 0 aliphatic carbocycles. The number of amides is 1. The largest absolute Gasteiger partial charge is 0.457 e. The Balaban J connectivity index is 2.21. The fourth-order valence-corrected chi connectivity index (χ4v) is 1.83. The molecule has 0 aliphatic heterocycles. The molecular weight excluding hydrogens is 286 g/mol. The van der Waals surface area contributed by atoms with Crippen LogP contribution < -0.4 is 5.32 Å². The first-order valence-electron chi connectivity index (χ1n) is 4.93. The van der Waals surface area contributed by atoms with Crippen molar-refractivity contribution in [1.82, 2.24) is 9.97 Å². The van der Waals surface area contributed by atoms with Crippen molar-refractivity contribution in [2.75, 3.05) is 5.32 Å². The van der Waals surface area contributed by atoms with Crippen LogP contribution in [0.5, 0.6) is 0 Å². The zero-order chi connectivity index (χ0) is 12.4. The number of furan rings is 1. The fourth-order valence-electron chi connectivity index (χ4n) is 1.41. The van der Waals surface area contributed by atoms with Crippen molar-refractivity contribution >= 4 is 27.8 Å². The van der Waals surface area contributed by atoms with Crippen LogP contribution in [-0.4, -0.2) is 15.9 Å². The van der Waals surface area contributed by atoms with E-state index in [1.807, 2.05) is 19.9 Å². The second kappa shape index (κ2) is 4.67. The summed E-state index contributed by atoms with van der Waals surface area (Å²) in [4.78, 5) is 20.1. The summed E-state index contributed by atoms with van der Waals surface area (Å²) in [5, 5.41) is 2.62. The summed E-state index contributed by atoms with van der Waals surface area (Å²) in [6, 6.07) is 3.41. The van der Waals surface area contributed by atoms with Crippen molar-refractivity contribution in [2.24, 2.45) is 0 Å². The van der Waals surface area contributed by atoms with Crippen molar-refractivity contribution in [3.8, 4) is 0 Å². The average molecular weight is 296 g/mol. The average Bonchev–Trinajstić information content (AvgIpc) is 2.62. The van der Waals surface area contributed by atoms with Crippen LogP contribution in [0.1, 0.15) is 21.7 Å². The molecule has 0 radical (unpaired) electrons. The van der Waals surface area contributed by atoms with Crippen molar-refractivity contribution in [1.29, 1.82) is 0 Å². The van der Waals surface area contributed by atoms with Crippen molar-refractivity contribution < 1.29 is 9.21 Å². The molecule has 0 fully saturated rings. The number of aromatic nitrogens is 2. The number of nitrogens with one attached hydrogen (secondary N) is 1. The Hall–Kier alpha value is -1.69. The molecule has 0 aliphatic rings. The van der Waals surface area contributed by atoms with E-state index in [4.69, 9.17) is 4.42 Å². The summed E-state index contributed by atoms with van der Waals surface area (Å²) >= 11 is 3.14. The van der Waals surface area contributed by atoms with Gasteiger partial charge < -0.3 is 4.42 Å². The Bertz CT molecular complexity index is 545. The van der Waals surface area contributed by atoms with Gasteiger partial charge in [-0.3, -0.25) is 10.1 Å². The number of hydrogen-bond donors (Lipinski definition) is 1. The van der Waals surface area contributed by atoms with Gasteiger partial charge in [0.15, 0.2) is 4.67 Å². The number of carbonyl (C=O) groups is 1. The summed E-state index contributed by atoms with van der Waals surface area (Å²) in [7, 11) is 0. The minimum atomic E-state index is -0.310. The van der Waals surface area contributed by atoms with Crippen molar-refractivity contribution in [3.63, 3.8) is 0 Å². The molecule has 0 atom stereocenters. The van der Waals surface area contributed by atoms with E-state index < -0.39 is 0 Å². The molecule has 0 saturated carbocycles. The summed E-state index contributed by atoms with van der Waals surface area (Å²) in [6.45, 7) is 3.69. The molecule has 2 heterocycles. The number of carbonyl (C=O) groups excluding carboxylic acids is 1. The molecule has 0 unspecified atom stereocenters. The second-order valence-electron chi connectivity index (χ2n) is 3.54. The maximum Gasteiger partial charge on any atom is 0.262 e. The molecule has 6 heteroatoms. The van der Waals surface area contributed by atoms with E-state index >= 15 is 0 Å². The lowest BCUT2D eigenvalue weighted by molar-refractivity contribution is 0.102. The van der Waals surface area contributed by atoms with Crippen molar-refractivity contribution in [3.05, 3.63) is 40.0 Å². The minimum absolute atomic E-state index is 0.292. The molecule has 2 rings (SSSR count). The number of hydrogen-bond acceptors (Lipinski definition) is 4. The van der Waals surface area contributed by atoms with Crippen LogP contribution in [-0.2, 0) is 0 Å². The van der Waals surface area contributed by atoms with Crippen LogP contribution in [0.3, 0.4) is 0 Å². The number of rotatable bonds is 2. The maximum absolute atomic E-state index is 11.8. The van der Waals surface area contributed by atoms with Gasteiger partial charge in [-0.25, -0.2) is 9.97 Å². The molecule has 2 aromatic rings. The van der Waals surface area contributed by atoms with Crippen LogP contribution in [0.15, 0.2) is 27.5 Å². The molecule has 0 spiro atoms. The third-order valence-electron chi connectivity index (χ3n) is 2.07. The number of aryl methyl sites for hydroxylation is 2. The predicted octanol–water partition coefficient (Wildman–Crippen LogP) is 2.70. The van der Waals surface area contributed by atoms with Gasteiger partial charge in [-0.15, -0.1) is 0 Å². The van der Waals surface area contributed by atoms with E-state index in [9.17, 15) is 4.79 Å². The Labute approximate surface area is 106 Å². The van der Waals surface area contributed by atoms with E-state index in [0.717, 1.165) is 11.4 Å². The minimum Gasteiger partial charge on any atom is -0.457 e. The first-order chi connectivity index (χ1) is 8.06. The normalized spacial score (nSPS) is 10.3. The van der Waals surface area contributed by atoms with Gasteiger partial charge >= 0.3 is 0 Å². The van der Waals surface area contributed by atoms with Crippen LogP contribution in [0.2, 0.25) is 0 Å². The molecule has 0 aromatic carbocycles. The van der Waals surface area contributed by atoms with Gasteiger partial charge in [0.1, 0.15) is 0 Å². The monoisotopic (exact) mass is 295 g/mol. The van der Waals surface area contributed by atoms with Crippen molar-refractivity contribution in [2.45, 2.75) is 13.8 Å². The van der Waals surface area contributed by atoms with Gasteiger partial charge in [0.25, 0.3) is 5.91 Å². The number of anilines is 1. The highest BCUT2D eigenvalue weighted by Crippen LogP contribution is 2.18. The summed E-state index contributed by atoms with van der Waals surface area (Å²) in [6.07, 6.45) is 1.43. The zero-order valence-electron chi connectivity index (χ0n) is 9.32. The van der Waals surface area contributed by atoms with Gasteiger partial charge in [-0.2, -0.15) is 0 Å². The van der Waals surface area contributed by atoms with Gasteiger partial charge in [-0.1, -0.05) is 0 Å². The Kier molecular flexibility index (Phi) is 3.23. The van der Waals surface area contributed by atoms with Gasteiger partial charge in [0.05, 0.1) is 11.8 Å². The molecule has 1 amide bonds. The molecule has 88 valence electrons. The van der Waals surface area contributed by atoms with Crippen LogP contribution >= 0.6 is 15.9 Å². The Morgan fingerprint density at radius 3 is 2.53 bits per heavy atom. The first-order valence-corrected chi connectivity index (χ1v) is 5.72. The molecule has 5 nitrogen and oxygen atoms in total. The maximum atomic E-state index is 11.8. The van der Waals surface area contributed by atoms with Gasteiger partial charge in [0, 0.05) is 11.4 Å². The third-order valence-corrected chi connectivity index (χ3v) is 2.68. The predicted molar refractivity (Wildman–Crippen MR) is 65.9 cm³/mol. The summed E-state index contributed by atoms with van der Waals surface area (Å²) in [5.41, 5.74) is 2.02. The second-order valence-corrected chi connectivity index (χ2v) is 4.26. The van der Waals surface area contributed by atoms with E-state index in [-0.39, 0.29) is 5.91 Å². The van der Waals surface area contributed by atoms with Crippen LogP contribution in [0.4, 0.5) is 5.95 Å². The lowest BCUT2D eigenvalue weighted by Crippen LogP contribution is -2.14. The van der Waals surface area contributed by atoms with Gasteiger partial charge in [-0.05, 0) is 41.9 Å². The Morgan fingerprint density at radius 1 is 1.35 bits per heavy atom. The van der Waals surface area contributed by atoms with E-state index in [1.54, 1.807) is 6.07 Å². The highest BCUT2D eigenvalue weighted by Gasteiger charge is 2.14. The molecular formula is C11H10BrN3O2. The molecule has 1 N–H and O–H groups in total. The number of nitrogens with zero attached hydrogens (tertiary/aromatic N) is 2. The molecule has 0 saturated heterocycles. The molecule has 17 heavy (non-hydrogen) atoms. The first kappa shape index (κ1) is 11.8. The van der Waals surface area contributed by atoms with E-state index in [1.165, 1.54) is 6.26 Å².